The summed E-state index contributed by atoms with van der Waals surface area (Å²) in [4.78, 5) is 11.4. The number of nitrogens with zero attached hydrogens (tertiary/aromatic N) is 3. The summed E-state index contributed by atoms with van der Waals surface area (Å²) in [6.07, 6.45) is 4.03. The average molecular weight is 277 g/mol. The van der Waals surface area contributed by atoms with Crippen LogP contribution in [0.25, 0.3) is 0 Å². The molecule has 1 aromatic heterocycles. The first-order chi connectivity index (χ1) is 9.45. The first-order valence-corrected chi connectivity index (χ1v) is 7.56. The van der Waals surface area contributed by atoms with Crippen LogP contribution < -0.4 is 11.1 Å². The maximum Gasteiger partial charge on any atom is 0.138 e. The fourth-order valence-corrected chi connectivity index (χ4v) is 2.42. The van der Waals surface area contributed by atoms with E-state index >= 15 is 0 Å². The number of nitrogens with two attached hydrogens (primary N) is 1. The van der Waals surface area contributed by atoms with Crippen molar-refractivity contribution in [2.75, 3.05) is 37.2 Å². The van der Waals surface area contributed by atoms with Gasteiger partial charge < -0.3 is 16.0 Å². The summed E-state index contributed by atoms with van der Waals surface area (Å²) in [5.74, 6) is 2.16. The number of rotatable bonds is 4. The number of hydrogen-bond acceptors (Lipinski definition) is 5. The Labute approximate surface area is 122 Å². The molecule has 5 nitrogen and oxygen atoms in total. The van der Waals surface area contributed by atoms with Crippen molar-refractivity contribution in [3.8, 4) is 0 Å². The largest absolute Gasteiger partial charge is 0.384 e. The highest BCUT2D eigenvalue weighted by atomic mass is 15.2. The number of likely N-dealkylation sites (tertiary alicyclic amines) is 1. The Morgan fingerprint density at radius 3 is 2.55 bits per heavy atom. The number of hydrogen-bond donors (Lipinski definition) is 2. The van der Waals surface area contributed by atoms with Gasteiger partial charge in [0.2, 0.25) is 0 Å². The zero-order valence-corrected chi connectivity index (χ0v) is 12.9. The molecule has 112 valence electrons. The Bertz CT molecular complexity index is 432. The van der Waals surface area contributed by atoms with E-state index in [4.69, 9.17) is 5.73 Å². The maximum atomic E-state index is 5.87. The Morgan fingerprint density at radius 2 is 1.90 bits per heavy atom. The second kappa shape index (κ2) is 6.39. The van der Waals surface area contributed by atoms with Crippen molar-refractivity contribution >= 4 is 11.6 Å². The molecule has 2 rings (SSSR count). The fourth-order valence-electron chi connectivity index (χ4n) is 2.42. The van der Waals surface area contributed by atoms with Gasteiger partial charge in [0.05, 0.1) is 0 Å². The molecule has 3 N–H and O–H groups in total. The van der Waals surface area contributed by atoms with E-state index in [1.807, 2.05) is 6.07 Å². The molecule has 5 heteroatoms. The van der Waals surface area contributed by atoms with E-state index in [1.54, 1.807) is 0 Å². The highest BCUT2D eigenvalue weighted by Crippen LogP contribution is 2.21. The van der Waals surface area contributed by atoms with Gasteiger partial charge in [-0.3, -0.25) is 0 Å². The summed E-state index contributed by atoms with van der Waals surface area (Å²) < 4.78 is 0. The van der Waals surface area contributed by atoms with Crippen molar-refractivity contribution in [2.45, 2.75) is 45.4 Å². The van der Waals surface area contributed by atoms with Crippen LogP contribution in [0.2, 0.25) is 0 Å². The Balaban J connectivity index is 1.90. The highest BCUT2D eigenvalue weighted by Gasteiger charge is 2.18. The second-order valence-corrected chi connectivity index (χ2v) is 6.58. The van der Waals surface area contributed by atoms with Gasteiger partial charge in [0, 0.05) is 24.6 Å². The van der Waals surface area contributed by atoms with Crippen molar-refractivity contribution in [3.05, 3.63) is 11.9 Å². The maximum absolute atomic E-state index is 5.87. The SMILES string of the molecule is CC(C)(C)c1nc(N)cc(NCCN2CCCCC2)n1. The first-order valence-electron chi connectivity index (χ1n) is 7.56. The van der Waals surface area contributed by atoms with Crippen LogP contribution in [-0.2, 0) is 5.41 Å². The van der Waals surface area contributed by atoms with E-state index in [0.29, 0.717) is 5.82 Å². The lowest BCUT2D eigenvalue weighted by Gasteiger charge is -2.26. The average Bonchev–Trinajstić information content (AvgIpc) is 2.38. The van der Waals surface area contributed by atoms with Gasteiger partial charge in [-0.2, -0.15) is 0 Å². The van der Waals surface area contributed by atoms with E-state index in [-0.39, 0.29) is 5.41 Å². The van der Waals surface area contributed by atoms with Gasteiger partial charge in [0.1, 0.15) is 17.5 Å². The minimum absolute atomic E-state index is 0.0846. The lowest BCUT2D eigenvalue weighted by Crippen LogP contribution is -2.33. The van der Waals surface area contributed by atoms with Crippen molar-refractivity contribution in [3.63, 3.8) is 0 Å². The molecular weight excluding hydrogens is 250 g/mol. The Morgan fingerprint density at radius 1 is 1.20 bits per heavy atom. The summed E-state index contributed by atoms with van der Waals surface area (Å²) in [5.41, 5.74) is 5.78. The molecule has 0 aliphatic carbocycles. The van der Waals surface area contributed by atoms with Crippen LogP contribution >= 0.6 is 0 Å². The number of anilines is 2. The quantitative estimate of drug-likeness (QED) is 0.883. The molecule has 0 radical (unpaired) electrons. The molecule has 0 aromatic carbocycles. The standard InChI is InChI=1S/C15H27N5/c1-15(2,3)14-18-12(16)11-13(19-14)17-7-10-20-8-5-4-6-9-20/h11H,4-10H2,1-3H3,(H3,16,17,18,19). The molecule has 0 bridgehead atoms. The van der Waals surface area contributed by atoms with Crippen LogP contribution in [0.3, 0.4) is 0 Å². The Kier molecular flexibility index (Phi) is 4.81. The van der Waals surface area contributed by atoms with Crippen molar-refractivity contribution < 1.29 is 0 Å². The van der Waals surface area contributed by atoms with Crippen molar-refractivity contribution in [1.82, 2.24) is 14.9 Å². The molecule has 1 fully saturated rings. The van der Waals surface area contributed by atoms with E-state index in [2.05, 4.69) is 41.0 Å². The molecule has 0 spiro atoms. The number of nitrogen functional groups attached to an aromatic ring is 1. The highest BCUT2D eigenvalue weighted by molar-refractivity contribution is 5.45. The monoisotopic (exact) mass is 277 g/mol. The third-order valence-corrected chi connectivity index (χ3v) is 3.60. The van der Waals surface area contributed by atoms with E-state index < -0.39 is 0 Å². The van der Waals surface area contributed by atoms with Gasteiger partial charge in [0.25, 0.3) is 0 Å². The van der Waals surface area contributed by atoms with Crippen LogP contribution in [0.1, 0.15) is 45.9 Å². The molecule has 2 heterocycles. The molecule has 1 aromatic rings. The second-order valence-electron chi connectivity index (χ2n) is 6.58. The van der Waals surface area contributed by atoms with Crippen molar-refractivity contribution in [2.24, 2.45) is 0 Å². The van der Waals surface area contributed by atoms with Gasteiger partial charge in [0.15, 0.2) is 0 Å². The normalized spacial score (nSPS) is 17.1. The number of piperidine rings is 1. The molecule has 1 aliphatic heterocycles. The predicted molar refractivity (Wildman–Crippen MR) is 83.9 cm³/mol. The predicted octanol–water partition coefficient (Wildman–Crippen LogP) is 2.25. The van der Waals surface area contributed by atoms with Gasteiger partial charge >= 0.3 is 0 Å². The first kappa shape index (κ1) is 15.0. The molecule has 20 heavy (non-hydrogen) atoms. The molecule has 0 atom stereocenters. The van der Waals surface area contributed by atoms with Crippen LogP contribution in [0.15, 0.2) is 6.07 Å². The lowest BCUT2D eigenvalue weighted by atomic mass is 9.96. The van der Waals surface area contributed by atoms with Crippen LogP contribution in [0.5, 0.6) is 0 Å². The van der Waals surface area contributed by atoms with Gasteiger partial charge in [-0.25, -0.2) is 9.97 Å². The van der Waals surface area contributed by atoms with Crippen LogP contribution in [-0.4, -0.2) is 41.0 Å². The fraction of sp³-hybridized carbons (Fsp3) is 0.733. The summed E-state index contributed by atoms with van der Waals surface area (Å²) >= 11 is 0. The summed E-state index contributed by atoms with van der Waals surface area (Å²) in [6.45, 7) is 10.7. The third kappa shape index (κ3) is 4.34. The number of aromatic nitrogens is 2. The van der Waals surface area contributed by atoms with Crippen molar-refractivity contribution in [1.29, 1.82) is 0 Å². The summed E-state index contributed by atoms with van der Waals surface area (Å²) in [5, 5.41) is 3.37. The topological polar surface area (TPSA) is 67.1 Å². The zero-order chi connectivity index (χ0) is 14.6. The van der Waals surface area contributed by atoms with Gasteiger partial charge in [-0.15, -0.1) is 0 Å². The van der Waals surface area contributed by atoms with Gasteiger partial charge in [-0.05, 0) is 25.9 Å². The smallest absolute Gasteiger partial charge is 0.138 e. The summed E-state index contributed by atoms with van der Waals surface area (Å²) in [6, 6.07) is 1.81. The van der Waals surface area contributed by atoms with Crippen LogP contribution in [0, 0.1) is 0 Å². The van der Waals surface area contributed by atoms with E-state index in [0.717, 1.165) is 24.7 Å². The molecule has 0 unspecified atom stereocenters. The van der Waals surface area contributed by atoms with Crippen LogP contribution in [0.4, 0.5) is 11.6 Å². The minimum Gasteiger partial charge on any atom is -0.384 e. The molecule has 0 saturated carbocycles. The zero-order valence-electron chi connectivity index (χ0n) is 12.9. The minimum atomic E-state index is -0.0846. The molecular formula is C15H27N5. The molecule has 1 saturated heterocycles. The molecule has 1 aliphatic rings. The Hall–Kier alpha value is -1.36. The van der Waals surface area contributed by atoms with E-state index in [1.165, 1.54) is 32.4 Å². The summed E-state index contributed by atoms with van der Waals surface area (Å²) in [7, 11) is 0. The molecule has 0 amide bonds. The third-order valence-electron chi connectivity index (χ3n) is 3.60. The van der Waals surface area contributed by atoms with E-state index in [9.17, 15) is 0 Å². The van der Waals surface area contributed by atoms with Gasteiger partial charge in [-0.1, -0.05) is 27.2 Å². The number of nitrogens with one attached hydrogen (secondary N) is 1. The lowest BCUT2D eigenvalue weighted by molar-refractivity contribution is 0.237.